The van der Waals surface area contributed by atoms with Gasteiger partial charge in [0.25, 0.3) is 0 Å². The van der Waals surface area contributed by atoms with Crippen molar-refractivity contribution in [3.8, 4) is 0 Å². The van der Waals surface area contributed by atoms with E-state index in [0.29, 0.717) is 19.3 Å². The zero-order chi connectivity index (χ0) is 45.1. The van der Waals surface area contributed by atoms with Crippen molar-refractivity contribution in [1.82, 2.24) is 0 Å². The van der Waals surface area contributed by atoms with E-state index in [0.717, 1.165) is 83.5 Å². The lowest BCUT2D eigenvalue weighted by Crippen LogP contribution is -2.30. The summed E-state index contributed by atoms with van der Waals surface area (Å²) in [5, 5.41) is 0. The van der Waals surface area contributed by atoms with Crippen LogP contribution in [0.25, 0.3) is 0 Å². The van der Waals surface area contributed by atoms with Crippen LogP contribution in [0.5, 0.6) is 0 Å². The van der Waals surface area contributed by atoms with Gasteiger partial charge in [-0.25, -0.2) is 0 Å². The highest BCUT2D eigenvalue weighted by atomic mass is 16.6. The number of allylic oxidation sites excluding steroid dienone is 16. The van der Waals surface area contributed by atoms with Gasteiger partial charge in [0.1, 0.15) is 13.2 Å². The van der Waals surface area contributed by atoms with E-state index in [1.165, 1.54) is 89.9 Å². The summed E-state index contributed by atoms with van der Waals surface area (Å²) in [6, 6.07) is 0. The third kappa shape index (κ3) is 47.4. The first-order valence-corrected chi connectivity index (χ1v) is 25.3. The van der Waals surface area contributed by atoms with Crippen molar-refractivity contribution in [2.24, 2.45) is 0 Å². The van der Waals surface area contributed by atoms with E-state index in [1.54, 1.807) is 0 Å². The SMILES string of the molecule is CC/C=C/C=C/C=C/C=C/C=C/CCCC(=O)OCC(COC(=O)CCCCCCCC/C=C/C/C=C/C/C=C/CC)OC(=O)CCCCCCCCCCCCCCCCC. The van der Waals surface area contributed by atoms with Crippen LogP contribution in [0.3, 0.4) is 0 Å². The first-order valence-electron chi connectivity index (χ1n) is 25.3. The maximum atomic E-state index is 12.8. The molecular formula is C56H92O6. The van der Waals surface area contributed by atoms with E-state index in [2.05, 4.69) is 63.3 Å². The molecule has 0 aromatic rings. The molecule has 6 nitrogen and oxygen atoms in total. The molecule has 0 rings (SSSR count). The molecule has 0 aromatic heterocycles. The Balaban J connectivity index is 4.49. The molecule has 62 heavy (non-hydrogen) atoms. The molecule has 0 aromatic carbocycles. The van der Waals surface area contributed by atoms with Crippen LogP contribution in [0.4, 0.5) is 0 Å². The molecule has 0 saturated carbocycles. The Morgan fingerprint density at radius 3 is 1.23 bits per heavy atom. The van der Waals surface area contributed by atoms with Gasteiger partial charge < -0.3 is 14.2 Å². The van der Waals surface area contributed by atoms with E-state index in [-0.39, 0.29) is 37.5 Å². The number of esters is 3. The van der Waals surface area contributed by atoms with Crippen molar-refractivity contribution >= 4 is 17.9 Å². The van der Waals surface area contributed by atoms with Gasteiger partial charge in [-0.1, -0.05) is 234 Å². The Morgan fingerprint density at radius 2 is 0.726 bits per heavy atom. The summed E-state index contributed by atoms with van der Waals surface area (Å²) in [6.07, 6.45) is 65.4. The van der Waals surface area contributed by atoms with E-state index < -0.39 is 6.10 Å². The lowest BCUT2D eigenvalue weighted by molar-refractivity contribution is -0.167. The van der Waals surface area contributed by atoms with Crippen LogP contribution in [0.2, 0.25) is 0 Å². The number of unbranched alkanes of at least 4 members (excludes halogenated alkanes) is 21. The first kappa shape index (κ1) is 58.3. The van der Waals surface area contributed by atoms with E-state index >= 15 is 0 Å². The molecule has 0 bridgehead atoms. The quantitative estimate of drug-likeness (QED) is 0.0200. The maximum absolute atomic E-state index is 12.8. The second-order valence-corrected chi connectivity index (χ2v) is 16.4. The largest absolute Gasteiger partial charge is 0.462 e. The number of carbonyl (C=O) groups excluding carboxylic acids is 3. The fourth-order valence-corrected chi connectivity index (χ4v) is 6.72. The van der Waals surface area contributed by atoms with Crippen molar-refractivity contribution in [2.75, 3.05) is 13.2 Å². The lowest BCUT2D eigenvalue weighted by atomic mass is 10.0. The highest BCUT2D eigenvalue weighted by molar-refractivity contribution is 5.71. The lowest BCUT2D eigenvalue weighted by Gasteiger charge is -2.18. The minimum absolute atomic E-state index is 0.106. The average Bonchev–Trinajstić information content (AvgIpc) is 3.27. The third-order valence-electron chi connectivity index (χ3n) is 10.5. The third-order valence-corrected chi connectivity index (χ3v) is 10.5. The van der Waals surface area contributed by atoms with Crippen LogP contribution in [-0.4, -0.2) is 37.2 Å². The minimum Gasteiger partial charge on any atom is -0.462 e. The Bertz CT molecular complexity index is 1260. The topological polar surface area (TPSA) is 78.9 Å². The Hall–Kier alpha value is -3.67. The first-order chi connectivity index (χ1) is 30.5. The van der Waals surface area contributed by atoms with Gasteiger partial charge in [0.15, 0.2) is 6.10 Å². The molecule has 0 radical (unpaired) electrons. The van der Waals surface area contributed by atoms with Crippen molar-refractivity contribution in [3.63, 3.8) is 0 Å². The second kappa shape index (κ2) is 50.0. The van der Waals surface area contributed by atoms with Gasteiger partial charge in [0.05, 0.1) is 0 Å². The van der Waals surface area contributed by atoms with Crippen LogP contribution in [0.15, 0.2) is 97.2 Å². The number of ether oxygens (including phenoxy) is 3. The fraction of sp³-hybridized carbons (Fsp3) is 0.661. The average molecular weight is 861 g/mol. The molecule has 0 amide bonds. The van der Waals surface area contributed by atoms with Crippen molar-refractivity contribution in [3.05, 3.63) is 97.2 Å². The molecular weight excluding hydrogens is 769 g/mol. The molecule has 0 spiro atoms. The molecule has 0 fully saturated rings. The highest BCUT2D eigenvalue weighted by Crippen LogP contribution is 2.15. The standard InChI is InChI=1S/C56H92O6/c1-4-7-10-13-16-19-22-25-27-29-31-34-37-40-43-46-49-55(58)61-52-53(51-60-54(57)48-45-42-39-36-33-30-24-21-18-15-12-9-6-3)62-56(59)50-47-44-41-38-35-32-28-26-23-20-17-14-11-8-5-2/h7,9-10,12,15-16,18-19,21,24-25,27,30,33,36,39,53H,4-6,8,11,13-14,17,20,22-23,26,28-29,31-32,34-35,37-38,40-52H2,1-3H3/b10-7+,12-9+,18-15+,19-16+,24-21+,27-25+,33-30+,39-36+. The Morgan fingerprint density at radius 1 is 0.355 bits per heavy atom. The normalized spacial score (nSPS) is 12.9. The van der Waals surface area contributed by atoms with Gasteiger partial charge in [0, 0.05) is 19.3 Å². The number of rotatable bonds is 44. The van der Waals surface area contributed by atoms with Crippen LogP contribution < -0.4 is 0 Å². The minimum atomic E-state index is -0.810. The van der Waals surface area contributed by atoms with Gasteiger partial charge in [0.2, 0.25) is 0 Å². The molecule has 1 atom stereocenters. The number of carbonyl (C=O) groups is 3. The monoisotopic (exact) mass is 861 g/mol. The van der Waals surface area contributed by atoms with Gasteiger partial charge in [-0.15, -0.1) is 0 Å². The van der Waals surface area contributed by atoms with Crippen LogP contribution in [0, 0.1) is 0 Å². The van der Waals surface area contributed by atoms with Crippen molar-refractivity contribution < 1.29 is 28.6 Å². The zero-order valence-electron chi connectivity index (χ0n) is 40.1. The number of hydrogen-bond acceptors (Lipinski definition) is 6. The summed E-state index contributed by atoms with van der Waals surface area (Å²) in [5.74, 6) is -0.996. The van der Waals surface area contributed by atoms with Crippen LogP contribution >= 0.6 is 0 Å². The van der Waals surface area contributed by atoms with Crippen LogP contribution in [-0.2, 0) is 28.6 Å². The summed E-state index contributed by atoms with van der Waals surface area (Å²) in [6.45, 7) is 6.30. The van der Waals surface area contributed by atoms with Crippen molar-refractivity contribution in [2.45, 2.75) is 226 Å². The fourth-order valence-electron chi connectivity index (χ4n) is 6.72. The summed E-state index contributed by atoms with van der Waals surface area (Å²) >= 11 is 0. The molecule has 1 unspecified atom stereocenters. The van der Waals surface area contributed by atoms with E-state index in [4.69, 9.17) is 14.2 Å². The van der Waals surface area contributed by atoms with Gasteiger partial charge >= 0.3 is 17.9 Å². The molecule has 0 saturated heterocycles. The second-order valence-electron chi connectivity index (χ2n) is 16.4. The molecule has 0 heterocycles. The maximum Gasteiger partial charge on any atom is 0.306 e. The smallest absolute Gasteiger partial charge is 0.306 e. The predicted molar refractivity (Wildman–Crippen MR) is 265 cm³/mol. The molecule has 0 N–H and O–H groups in total. The highest BCUT2D eigenvalue weighted by Gasteiger charge is 2.19. The Labute approximate surface area is 381 Å². The summed E-state index contributed by atoms with van der Waals surface area (Å²) in [4.78, 5) is 37.9. The summed E-state index contributed by atoms with van der Waals surface area (Å²) in [5.41, 5.74) is 0. The summed E-state index contributed by atoms with van der Waals surface area (Å²) in [7, 11) is 0. The molecule has 6 heteroatoms. The zero-order valence-corrected chi connectivity index (χ0v) is 40.1. The van der Waals surface area contributed by atoms with E-state index in [9.17, 15) is 14.4 Å². The predicted octanol–water partition coefficient (Wildman–Crippen LogP) is 16.6. The molecule has 0 aliphatic carbocycles. The molecule has 0 aliphatic rings. The summed E-state index contributed by atoms with van der Waals surface area (Å²) < 4.78 is 16.7. The molecule has 0 aliphatic heterocycles. The van der Waals surface area contributed by atoms with Gasteiger partial charge in [-0.3, -0.25) is 14.4 Å². The molecule has 352 valence electrons. The van der Waals surface area contributed by atoms with Crippen molar-refractivity contribution in [1.29, 1.82) is 0 Å². The van der Waals surface area contributed by atoms with E-state index in [1.807, 2.05) is 54.7 Å². The van der Waals surface area contributed by atoms with Gasteiger partial charge in [-0.05, 0) is 64.2 Å². The number of hydrogen-bond donors (Lipinski definition) is 0. The Kier molecular flexibility index (Phi) is 47.0. The van der Waals surface area contributed by atoms with Crippen LogP contribution in [0.1, 0.15) is 220 Å². The van der Waals surface area contributed by atoms with Gasteiger partial charge in [-0.2, -0.15) is 0 Å².